The van der Waals surface area contributed by atoms with Crippen molar-refractivity contribution < 1.29 is 0 Å². The Morgan fingerprint density at radius 2 is 0.807 bits per heavy atom. The lowest BCUT2D eigenvalue weighted by Crippen LogP contribution is -2.26. The van der Waals surface area contributed by atoms with Crippen molar-refractivity contribution in [3.8, 4) is 44.6 Å². The van der Waals surface area contributed by atoms with Crippen LogP contribution in [0.4, 0.5) is 0 Å². The minimum absolute atomic E-state index is 0.491. The summed E-state index contributed by atoms with van der Waals surface area (Å²) in [6.07, 6.45) is 1.86. The number of benzene rings is 9. The van der Waals surface area contributed by atoms with Gasteiger partial charge in [-0.05, 0) is 118 Å². The molecular weight excluding hydrogens is 689 g/mol. The van der Waals surface area contributed by atoms with Crippen molar-refractivity contribution in [2.75, 3.05) is 0 Å². The van der Waals surface area contributed by atoms with Crippen molar-refractivity contribution in [2.45, 2.75) is 5.41 Å². The first-order chi connectivity index (χ1) is 28.3. The topological polar surface area (TPSA) is 25.8 Å². The number of aromatic nitrogens is 2. The van der Waals surface area contributed by atoms with E-state index in [1.807, 2.05) is 12.3 Å². The molecule has 2 heteroatoms. The number of pyridine rings is 2. The molecule has 2 nitrogen and oxygen atoms in total. The van der Waals surface area contributed by atoms with Gasteiger partial charge in [-0.3, -0.25) is 4.98 Å². The van der Waals surface area contributed by atoms with E-state index in [1.54, 1.807) is 0 Å². The van der Waals surface area contributed by atoms with E-state index in [4.69, 9.17) is 9.97 Å². The number of hydrogen-bond acceptors (Lipinski definition) is 2. The SMILES string of the molecule is c1ccc2c(c1)-c1ccccc1C21c2cc(-c3ccc4c5ccccc5c5ccccc5c4c3)ccc2-c2ccc(-c3ccc4ccc5cccnc5c4n3)cc21. The summed E-state index contributed by atoms with van der Waals surface area (Å²) in [6, 6.07) is 69.7. The lowest BCUT2D eigenvalue weighted by Gasteiger charge is -2.31. The number of fused-ring (bicyclic) bond motifs is 19. The first-order valence-corrected chi connectivity index (χ1v) is 19.7. The fourth-order valence-corrected chi connectivity index (χ4v) is 10.4. The first-order valence-electron chi connectivity index (χ1n) is 19.7. The van der Waals surface area contributed by atoms with Gasteiger partial charge in [0.15, 0.2) is 0 Å². The zero-order valence-corrected chi connectivity index (χ0v) is 30.9. The summed E-state index contributed by atoms with van der Waals surface area (Å²) in [4.78, 5) is 10.1. The monoisotopic (exact) mass is 720 g/mol. The van der Waals surface area contributed by atoms with Crippen molar-refractivity contribution in [1.29, 1.82) is 0 Å². The lowest BCUT2D eigenvalue weighted by molar-refractivity contribution is 0.794. The summed E-state index contributed by atoms with van der Waals surface area (Å²) in [5.41, 5.74) is 16.3. The van der Waals surface area contributed by atoms with Gasteiger partial charge < -0.3 is 0 Å². The highest BCUT2D eigenvalue weighted by Crippen LogP contribution is 2.63. The number of hydrogen-bond donors (Lipinski definition) is 0. The predicted octanol–water partition coefficient (Wildman–Crippen LogP) is 13.9. The molecule has 0 fully saturated rings. The van der Waals surface area contributed by atoms with Crippen LogP contribution in [0.15, 0.2) is 194 Å². The standard InChI is InChI=1S/C55H32N2/c1-2-13-40-38(11-1)39-12-3-4-14-41(39)47-30-35(21-25-42(40)47)36-22-26-45-46-27-23-37(52-28-24-34-20-19-33-10-9-29-56-53(33)54(34)57-52)32-51(46)55(50(45)31-36)48-17-7-5-15-43(48)44-16-6-8-18-49(44)55/h1-32H. The van der Waals surface area contributed by atoms with Crippen LogP contribution in [0, 0.1) is 0 Å². The van der Waals surface area contributed by atoms with Crippen molar-refractivity contribution in [3.05, 3.63) is 217 Å². The maximum Gasteiger partial charge on any atom is 0.0972 e. The molecule has 0 bridgehead atoms. The molecule has 13 rings (SSSR count). The Morgan fingerprint density at radius 1 is 0.316 bits per heavy atom. The van der Waals surface area contributed by atoms with Crippen LogP contribution in [-0.4, -0.2) is 9.97 Å². The smallest absolute Gasteiger partial charge is 0.0972 e. The molecule has 2 heterocycles. The Hall–Kier alpha value is -7.42. The zero-order valence-electron chi connectivity index (χ0n) is 30.9. The van der Waals surface area contributed by atoms with E-state index >= 15 is 0 Å². The average Bonchev–Trinajstić information content (AvgIpc) is 3.75. The highest BCUT2D eigenvalue weighted by molar-refractivity contribution is 6.25. The van der Waals surface area contributed by atoms with Crippen molar-refractivity contribution >= 4 is 54.1 Å². The molecule has 0 saturated heterocycles. The Labute approximate surface area is 329 Å². The molecule has 0 radical (unpaired) electrons. The minimum Gasteiger partial charge on any atom is -0.254 e. The largest absolute Gasteiger partial charge is 0.254 e. The van der Waals surface area contributed by atoms with E-state index in [0.29, 0.717) is 0 Å². The van der Waals surface area contributed by atoms with Crippen molar-refractivity contribution in [3.63, 3.8) is 0 Å². The molecule has 1 spiro atoms. The van der Waals surface area contributed by atoms with Crippen LogP contribution >= 0.6 is 0 Å². The molecule has 0 saturated carbocycles. The Morgan fingerprint density at radius 3 is 1.49 bits per heavy atom. The molecule has 11 aromatic rings. The molecule has 2 aliphatic carbocycles. The van der Waals surface area contributed by atoms with Gasteiger partial charge in [0.2, 0.25) is 0 Å². The van der Waals surface area contributed by atoms with E-state index in [9.17, 15) is 0 Å². The fourth-order valence-electron chi connectivity index (χ4n) is 10.4. The van der Waals surface area contributed by atoms with Crippen LogP contribution in [-0.2, 0) is 5.41 Å². The summed E-state index contributed by atoms with van der Waals surface area (Å²) >= 11 is 0. The molecule has 0 N–H and O–H groups in total. The molecular formula is C55H32N2. The van der Waals surface area contributed by atoms with E-state index in [1.165, 1.54) is 88.0 Å². The molecule has 0 unspecified atom stereocenters. The molecule has 262 valence electrons. The summed E-state index contributed by atoms with van der Waals surface area (Å²) in [7, 11) is 0. The molecule has 2 aliphatic rings. The fraction of sp³-hybridized carbons (Fsp3) is 0.0182. The highest BCUT2D eigenvalue weighted by atomic mass is 14.8. The first kappa shape index (κ1) is 30.9. The Bertz CT molecular complexity index is 3460. The van der Waals surface area contributed by atoms with Gasteiger partial charge in [0.25, 0.3) is 0 Å². The summed E-state index contributed by atoms with van der Waals surface area (Å²) < 4.78 is 0. The molecule has 57 heavy (non-hydrogen) atoms. The number of nitrogens with zero attached hydrogens (tertiary/aromatic N) is 2. The van der Waals surface area contributed by atoms with Gasteiger partial charge in [-0.1, -0.05) is 158 Å². The van der Waals surface area contributed by atoms with E-state index in [-0.39, 0.29) is 0 Å². The maximum atomic E-state index is 5.31. The van der Waals surface area contributed by atoms with Crippen LogP contribution in [0.1, 0.15) is 22.3 Å². The highest BCUT2D eigenvalue weighted by Gasteiger charge is 2.51. The van der Waals surface area contributed by atoms with E-state index in [2.05, 4.69) is 182 Å². The molecule has 0 aliphatic heterocycles. The second-order valence-electron chi connectivity index (χ2n) is 15.6. The van der Waals surface area contributed by atoms with Crippen LogP contribution < -0.4 is 0 Å². The van der Waals surface area contributed by atoms with Crippen LogP contribution in [0.2, 0.25) is 0 Å². The second-order valence-corrected chi connectivity index (χ2v) is 15.6. The van der Waals surface area contributed by atoms with Crippen molar-refractivity contribution in [2.24, 2.45) is 0 Å². The van der Waals surface area contributed by atoms with E-state index in [0.717, 1.165) is 33.1 Å². The predicted molar refractivity (Wildman–Crippen MR) is 237 cm³/mol. The lowest BCUT2D eigenvalue weighted by atomic mass is 9.70. The molecule has 9 aromatic carbocycles. The van der Waals surface area contributed by atoms with Gasteiger partial charge in [-0.25, -0.2) is 4.98 Å². The summed E-state index contributed by atoms with van der Waals surface area (Å²) in [6.45, 7) is 0. The van der Waals surface area contributed by atoms with Gasteiger partial charge in [-0.15, -0.1) is 0 Å². The Balaban J connectivity index is 1.06. The quantitative estimate of drug-likeness (QED) is 0.166. The third kappa shape index (κ3) is 4.09. The van der Waals surface area contributed by atoms with Crippen molar-refractivity contribution in [1.82, 2.24) is 9.97 Å². The van der Waals surface area contributed by atoms with Crippen LogP contribution in [0.5, 0.6) is 0 Å². The maximum absolute atomic E-state index is 5.31. The third-order valence-electron chi connectivity index (χ3n) is 12.9. The van der Waals surface area contributed by atoms with Gasteiger partial charge in [-0.2, -0.15) is 0 Å². The molecule has 0 atom stereocenters. The second kappa shape index (κ2) is 11.3. The van der Waals surface area contributed by atoms with Crippen LogP contribution in [0.3, 0.4) is 0 Å². The third-order valence-corrected chi connectivity index (χ3v) is 12.9. The summed E-state index contributed by atoms with van der Waals surface area (Å²) in [5.74, 6) is 0. The normalized spacial score (nSPS) is 13.4. The van der Waals surface area contributed by atoms with Gasteiger partial charge in [0, 0.05) is 22.5 Å². The van der Waals surface area contributed by atoms with Gasteiger partial charge >= 0.3 is 0 Å². The number of rotatable bonds is 2. The van der Waals surface area contributed by atoms with Gasteiger partial charge in [0.1, 0.15) is 0 Å². The molecule has 2 aromatic heterocycles. The Kier molecular flexibility index (Phi) is 6.13. The molecule has 0 amide bonds. The van der Waals surface area contributed by atoms with E-state index < -0.39 is 5.41 Å². The van der Waals surface area contributed by atoms with Gasteiger partial charge in [0.05, 0.1) is 22.1 Å². The average molecular weight is 721 g/mol. The van der Waals surface area contributed by atoms with Crippen LogP contribution in [0.25, 0.3) is 98.8 Å². The zero-order chi connectivity index (χ0) is 37.2. The minimum atomic E-state index is -0.491. The summed E-state index contributed by atoms with van der Waals surface area (Å²) in [5, 5.41) is 9.94.